The van der Waals surface area contributed by atoms with Gasteiger partial charge in [-0.25, -0.2) is 0 Å². The Bertz CT molecular complexity index is 480. The van der Waals surface area contributed by atoms with Crippen molar-refractivity contribution < 1.29 is 14.3 Å². The number of Topliss-reactive ketones (excluding diaryl/α,β-unsaturated/α-hetero) is 1. The molecule has 1 saturated heterocycles. The summed E-state index contributed by atoms with van der Waals surface area (Å²) in [4.78, 5) is 25.6. The minimum Gasteiger partial charge on any atom is -0.378 e. The summed E-state index contributed by atoms with van der Waals surface area (Å²) in [5.41, 5.74) is 1.09. The number of nitrogens with zero attached hydrogens (tertiary/aromatic N) is 1. The highest BCUT2D eigenvalue weighted by atomic mass is 16.5. The number of rotatable bonds is 7. The summed E-state index contributed by atoms with van der Waals surface area (Å²) in [5, 5.41) is 0. The second-order valence-electron chi connectivity index (χ2n) is 5.91. The molecule has 0 aliphatic carbocycles. The van der Waals surface area contributed by atoms with Crippen molar-refractivity contribution in [1.29, 1.82) is 0 Å². The molecule has 1 unspecified atom stereocenters. The van der Waals surface area contributed by atoms with Crippen molar-refractivity contribution in [1.82, 2.24) is 4.90 Å². The van der Waals surface area contributed by atoms with Gasteiger partial charge >= 0.3 is 0 Å². The van der Waals surface area contributed by atoms with Crippen LogP contribution in [0.2, 0.25) is 0 Å². The summed E-state index contributed by atoms with van der Waals surface area (Å²) >= 11 is 0. The van der Waals surface area contributed by atoms with E-state index < -0.39 is 0 Å². The van der Waals surface area contributed by atoms with Gasteiger partial charge in [0.15, 0.2) is 0 Å². The number of hydrogen-bond donors (Lipinski definition) is 0. The van der Waals surface area contributed by atoms with E-state index in [-0.39, 0.29) is 24.2 Å². The highest BCUT2D eigenvalue weighted by Crippen LogP contribution is 2.15. The normalized spacial score (nSPS) is 18.0. The molecule has 1 aromatic rings. The summed E-state index contributed by atoms with van der Waals surface area (Å²) in [6.07, 6.45) is 5.32. The molecule has 2 rings (SSSR count). The van der Waals surface area contributed by atoms with E-state index in [0.717, 1.165) is 31.4 Å². The number of likely N-dealkylation sites (N-methyl/N-ethyl adjacent to an activating group) is 1. The molecule has 0 N–H and O–H groups in total. The number of amides is 1. The van der Waals surface area contributed by atoms with Gasteiger partial charge in [-0.2, -0.15) is 0 Å². The fourth-order valence-corrected chi connectivity index (χ4v) is 2.70. The minimum atomic E-state index is -0.383. The van der Waals surface area contributed by atoms with Crippen LogP contribution in [-0.4, -0.2) is 42.9 Å². The van der Waals surface area contributed by atoms with Gasteiger partial charge < -0.3 is 9.64 Å². The minimum absolute atomic E-state index is 0.239. The molecule has 1 aliphatic heterocycles. The second-order valence-corrected chi connectivity index (χ2v) is 5.91. The summed E-state index contributed by atoms with van der Waals surface area (Å²) in [6.45, 7) is 1.40. The van der Waals surface area contributed by atoms with Crippen LogP contribution >= 0.6 is 0 Å². The number of carbonyl (C=O) groups is 2. The Morgan fingerprint density at radius 3 is 2.68 bits per heavy atom. The van der Waals surface area contributed by atoms with Crippen molar-refractivity contribution in [2.24, 2.45) is 0 Å². The third kappa shape index (κ3) is 5.26. The van der Waals surface area contributed by atoms with Crippen molar-refractivity contribution >= 4 is 11.7 Å². The summed E-state index contributed by atoms with van der Waals surface area (Å²) in [5.74, 6) is -0.692. The Morgan fingerprint density at radius 1 is 1.23 bits per heavy atom. The Labute approximate surface area is 132 Å². The summed E-state index contributed by atoms with van der Waals surface area (Å²) in [6, 6.07) is 9.78. The Hall–Kier alpha value is -1.68. The number of hydrogen-bond acceptors (Lipinski definition) is 3. The van der Waals surface area contributed by atoms with Crippen LogP contribution in [0.15, 0.2) is 30.3 Å². The first-order valence-electron chi connectivity index (χ1n) is 8.10. The second kappa shape index (κ2) is 8.69. The lowest BCUT2D eigenvalue weighted by Gasteiger charge is -2.25. The molecular weight excluding hydrogens is 278 g/mol. The first-order valence-corrected chi connectivity index (χ1v) is 8.10. The van der Waals surface area contributed by atoms with Crippen LogP contribution in [0.25, 0.3) is 0 Å². The lowest BCUT2D eigenvalue weighted by Crippen LogP contribution is -2.36. The van der Waals surface area contributed by atoms with Gasteiger partial charge in [0.25, 0.3) is 5.91 Å². The third-order valence-electron chi connectivity index (χ3n) is 4.13. The van der Waals surface area contributed by atoms with Crippen LogP contribution in [0.3, 0.4) is 0 Å². The number of benzene rings is 1. The van der Waals surface area contributed by atoms with Crippen LogP contribution in [0.5, 0.6) is 0 Å². The maximum atomic E-state index is 12.1. The van der Waals surface area contributed by atoms with Gasteiger partial charge in [0.1, 0.15) is 0 Å². The number of aryl methyl sites for hydroxylation is 1. The standard InChI is InChI=1S/C18H25NO3/c1-19(13-12-16-9-5-6-14-22-16)18(21)17(20)11-10-15-7-3-2-4-8-15/h2-4,7-8,16H,5-6,9-14H2,1H3. The van der Waals surface area contributed by atoms with E-state index in [2.05, 4.69) is 0 Å². The fourth-order valence-electron chi connectivity index (χ4n) is 2.70. The molecule has 22 heavy (non-hydrogen) atoms. The van der Waals surface area contributed by atoms with Crippen LogP contribution < -0.4 is 0 Å². The average molecular weight is 303 g/mol. The molecule has 4 nitrogen and oxygen atoms in total. The van der Waals surface area contributed by atoms with E-state index in [1.54, 1.807) is 7.05 Å². The van der Waals surface area contributed by atoms with Gasteiger partial charge in [-0.3, -0.25) is 9.59 Å². The smallest absolute Gasteiger partial charge is 0.289 e. The zero-order valence-corrected chi connectivity index (χ0v) is 13.3. The molecule has 0 aromatic heterocycles. The SMILES string of the molecule is CN(CCC1CCCCO1)C(=O)C(=O)CCc1ccccc1. The van der Waals surface area contributed by atoms with E-state index in [0.29, 0.717) is 13.0 Å². The van der Waals surface area contributed by atoms with E-state index in [9.17, 15) is 9.59 Å². The van der Waals surface area contributed by atoms with E-state index in [4.69, 9.17) is 4.74 Å². The van der Waals surface area contributed by atoms with Crippen molar-refractivity contribution in [2.75, 3.05) is 20.2 Å². The first kappa shape index (κ1) is 16.7. The molecule has 1 amide bonds. The maximum absolute atomic E-state index is 12.1. The molecule has 0 spiro atoms. The van der Waals surface area contributed by atoms with Crippen LogP contribution in [0.1, 0.15) is 37.7 Å². The molecular formula is C18H25NO3. The van der Waals surface area contributed by atoms with Gasteiger partial charge in [-0.1, -0.05) is 30.3 Å². The van der Waals surface area contributed by atoms with Gasteiger partial charge in [-0.05, 0) is 37.7 Å². The Morgan fingerprint density at radius 2 is 2.00 bits per heavy atom. The molecule has 0 saturated carbocycles. The molecule has 4 heteroatoms. The van der Waals surface area contributed by atoms with Gasteiger partial charge in [0.2, 0.25) is 5.78 Å². The Balaban J connectivity index is 1.71. The molecule has 1 atom stereocenters. The molecule has 1 fully saturated rings. The molecule has 1 heterocycles. The Kier molecular flexibility index (Phi) is 6.59. The topological polar surface area (TPSA) is 46.6 Å². The summed E-state index contributed by atoms with van der Waals surface area (Å²) < 4.78 is 5.65. The first-order chi connectivity index (χ1) is 10.7. The number of carbonyl (C=O) groups excluding carboxylic acids is 2. The molecule has 1 aromatic carbocycles. The zero-order valence-electron chi connectivity index (χ0n) is 13.3. The molecule has 1 aliphatic rings. The highest BCUT2D eigenvalue weighted by molar-refractivity contribution is 6.36. The van der Waals surface area contributed by atoms with Crippen LogP contribution in [-0.2, 0) is 20.7 Å². The van der Waals surface area contributed by atoms with Gasteiger partial charge in [0, 0.05) is 26.6 Å². The van der Waals surface area contributed by atoms with Gasteiger partial charge in [-0.15, -0.1) is 0 Å². The van der Waals surface area contributed by atoms with Crippen molar-refractivity contribution in [3.05, 3.63) is 35.9 Å². The quantitative estimate of drug-likeness (QED) is 0.727. The van der Waals surface area contributed by atoms with Crippen LogP contribution in [0.4, 0.5) is 0 Å². The van der Waals surface area contributed by atoms with Gasteiger partial charge in [0.05, 0.1) is 6.10 Å². The zero-order chi connectivity index (χ0) is 15.8. The molecule has 120 valence electrons. The third-order valence-corrected chi connectivity index (χ3v) is 4.13. The predicted octanol–water partition coefficient (Wildman–Crippen LogP) is 2.61. The number of ketones is 1. The highest BCUT2D eigenvalue weighted by Gasteiger charge is 2.20. The van der Waals surface area contributed by atoms with E-state index in [1.807, 2.05) is 30.3 Å². The van der Waals surface area contributed by atoms with E-state index in [1.165, 1.54) is 11.3 Å². The number of ether oxygens (including phenoxy) is 1. The van der Waals surface area contributed by atoms with Crippen molar-refractivity contribution in [3.8, 4) is 0 Å². The van der Waals surface area contributed by atoms with E-state index >= 15 is 0 Å². The van der Waals surface area contributed by atoms with Crippen molar-refractivity contribution in [2.45, 2.75) is 44.6 Å². The lowest BCUT2D eigenvalue weighted by molar-refractivity contribution is -0.144. The molecule has 0 radical (unpaired) electrons. The average Bonchev–Trinajstić information content (AvgIpc) is 2.58. The van der Waals surface area contributed by atoms with Crippen molar-refractivity contribution in [3.63, 3.8) is 0 Å². The van der Waals surface area contributed by atoms with Crippen LogP contribution in [0, 0.1) is 0 Å². The maximum Gasteiger partial charge on any atom is 0.289 e. The summed E-state index contributed by atoms with van der Waals surface area (Å²) in [7, 11) is 1.70. The largest absolute Gasteiger partial charge is 0.378 e. The predicted molar refractivity (Wildman–Crippen MR) is 85.6 cm³/mol. The lowest BCUT2D eigenvalue weighted by atomic mass is 10.1. The molecule has 0 bridgehead atoms. The fraction of sp³-hybridized carbons (Fsp3) is 0.556. The monoisotopic (exact) mass is 303 g/mol.